The van der Waals surface area contributed by atoms with Gasteiger partial charge in [0.25, 0.3) is 5.91 Å². The number of rotatable bonds is 3. The first kappa shape index (κ1) is 14.7. The molecule has 116 valence electrons. The van der Waals surface area contributed by atoms with Gasteiger partial charge in [-0.25, -0.2) is 0 Å². The van der Waals surface area contributed by atoms with Gasteiger partial charge >= 0.3 is 0 Å². The van der Waals surface area contributed by atoms with E-state index in [1.807, 2.05) is 25.1 Å². The summed E-state index contributed by atoms with van der Waals surface area (Å²) in [4.78, 5) is 16.2. The van der Waals surface area contributed by atoms with Crippen LogP contribution in [0.4, 0.5) is 0 Å². The number of hydrogen-bond acceptors (Lipinski definition) is 4. The summed E-state index contributed by atoms with van der Waals surface area (Å²) >= 11 is 0. The fraction of sp³-hybridized carbons (Fsp3) is 0.438. The number of aromatic nitrogens is 3. The van der Waals surface area contributed by atoms with Gasteiger partial charge in [-0.15, -0.1) is 0 Å². The molecular formula is C16H20N4O2. The summed E-state index contributed by atoms with van der Waals surface area (Å²) in [7, 11) is 0. The Kier molecular flexibility index (Phi) is 4.20. The Labute approximate surface area is 129 Å². The number of carbonyl (C=O) groups is 1. The normalized spacial score (nSPS) is 18.5. The van der Waals surface area contributed by atoms with E-state index >= 15 is 0 Å². The minimum atomic E-state index is -0.0970. The zero-order chi connectivity index (χ0) is 15.5. The summed E-state index contributed by atoms with van der Waals surface area (Å²) < 4.78 is 0. The standard InChI is InChI=1S/C16H20N4O2/c1-12-5-6-15(20-17-7-8-18-20)14(10-12)16(22)19-9-3-2-4-13(19)11-21/h5-8,10,13,21H,2-4,9,11H2,1H3/t13-/m0/s1. The van der Waals surface area contributed by atoms with Gasteiger partial charge in [-0.1, -0.05) is 11.6 Å². The Morgan fingerprint density at radius 2 is 2.09 bits per heavy atom. The predicted octanol–water partition coefficient (Wildman–Crippen LogP) is 1.56. The van der Waals surface area contributed by atoms with Crippen LogP contribution in [0.3, 0.4) is 0 Å². The molecule has 22 heavy (non-hydrogen) atoms. The van der Waals surface area contributed by atoms with Crippen molar-refractivity contribution in [3.8, 4) is 5.69 Å². The van der Waals surface area contributed by atoms with Crippen LogP contribution in [-0.2, 0) is 0 Å². The number of aliphatic hydroxyl groups is 1. The summed E-state index contributed by atoms with van der Waals surface area (Å²) in [5.74, 6) is -0.0604. The number of aliphatic hydroxyl groups excluding tert-OH is 1. The van der Waals surface area contributed by atoms with E-state index in [4.69, 9.17) is 0 Å². The van der Waals surface area contributed by atoms with E-state index in [0.717, 1.165) is 24.8 Å². The lowest BCUT2D eigenvalue weighted by atomic mass is 10.0. The third-order valence-electron chi connectivity index (χ3n) is 4.12. The number of likely N-dealkylation sites (tertiary alicyclic amines) is 1. The molecule has 0 aliphatic carbocycles. The number of amides is 1. The summed E-state index contributed by atoms with van der Waals surface area (Å²) in [6, 6.07) is 5.57. The van der Waals surface area contributed by atoms with E-state index in [0.29, 0.717) is 17.8 Å². The molecule has 1 aromatic heterocycles. The summed E-state index contributed by atoms with van der Waals surface area (Å²) in [5, 5.41) is 17.8. The first-order valence-electron chi connectivity index (χ1n) is 7.60. The zero-order valence-corrected chi connectivity index (χ0v) is 12.6. The van der Waals surface area contributed by atoms with Crippen LogP contribution in [0.1, 0.15) is 35.2 Å². The van der Waals surface area contributed by atoms with Crippen LogP contribution in [0.25, 0.3) is 5.69 Å². The molecule has 0 radical (unpaired) electrons. The van der Waals surface area contributed by atoms with Crippen LogP contribution >= 0.6 is 0 Å². The summed E-state index contributed by atoms with van der Waals surface area (Å²) in [5.41, 5.74) is 2.26. The van der Waals surface area contributed by atoms with Gasteiger partial charge in [-0.2, -0.15) is 15.0 Å². The summed E-state index contributed by atoms with van der Waals surface area (Å²) in [6.45, 7) is 2.65. The molecular weight excluding hydrogens is 280 g/mol. The largest absolute Gasteiger partial charge is 0.394 e. The van der Waals surface area contributed by atoms with Gasteiger partial charge in [0.15, 0.2) is 0 Å². The highest BCUT2D eigenvalue weighted by Crippen LogP contribution is 2.23. The van der Waals surface area contributed by atoms with Crippen molar-refractivity contribution in [1.29, 1.82) is 0 Å². The molecule has 0 spiro atoms. The molecule has 1 aromatic carbocycles. The third kappa shape index (κ3) is 2.74. The SMILES string of the molecule is Cc1ccc(-n2nccn2)c(C(=O)N2CCCC[C@H]2CO)c1. The van der Waals surface area contributed by atoms with Crippen LogP contribution in [0.15, 0.2) is 30.6 Å². The smallest absolute Gasteiger partial charge is 0.256 e. The fourth-order valence-corrected chi connectivity index (χ4v) is 2.95. The van der Waals surface area contributed by atoms with E-state index in [2.05, 4.69) is 10.2 Å². The minimum absolute atomic E-state index is 0.00685. The number of aryl methyl sites for hydroxylation is 1. The van der Waals surface area contributed by atoms with Crippen molar-refractivity contribution in [3.63, 3.8) is 0 Å². The first-order chi connectivity index (χ1) is 10.7. The molecule has 1 saturated heterocycles. The number of piperidine rings is 1. The Morgan fingerprint density at radius 3 is 2.82 bits per heavy atom. The van der Waals surface area contributed by atoms with Gasteiger partial charge in [0, 0.05) is 6.54 Å². The molecule has 6 heteroatoms. The van der Waals surface area contributed by atoms with Crippen LogP contribution < -0.4 is 0 Å². The Morgan fingerprint density at radius 1 is 1.32 bits per heavy atom. The lowest BCUT2D eigenvalue weighted by Gasteiger charge is -2.35. The van der Waals surface area contributed by atoms with Crippen LogP contribution in [0, 0.1) is 6.92 Å². The van der Waals surface area contributed by atoms with Crippen molar-refractivity contribution >= 4 is 5.91 Å². The molecule has 0 unspecified atom stereocenters. The lowest BCUT2D eigenvalue weighted by molar-refractivity contribution is 0.0502. The zero-order valence-electron chi connectivity index (χ0n) is 12.6. The van der Waals surface area contributed by atoms with Crippen molar-refractivity contribution < 1.29 is 9.90 Å². The highest BCUT2D eigenvalue weighted by atomic mass is 16.3. The predicted molar refractivity (Wildman–Crippen MR) is 81.9 cm³/mol. The maximum atomic E-state index is 13.0. The second-order valence-corrected chi connectivity index (χ2v) is 5.67. The van der Waals surface area contributed by atoms with Gasteiger partial charge in [-0.05, 0) is 38.3 Å². The van der Waals surface area contributed by atoms with Crippen molar-refractivity contribution in [2.24, 2.45) is 0 Å². The average molecular weight is 300 g/mol. The number of hydrogen-bond donors (Lipinski definition) is 1. The molecule has 1 aliphatic rings. The van der Waals surface area contributed by atoms with Gasteiger partial charge in [0.2, 0.25) is 0 Å². The molecule has 2 aromatic rings. The maximum Gasteiger partial charge on any atom is 0.256 e. The molecule has 0 saturated carbocycles. The Hall–Kier alpha value is -2.21. The summed E-state index contributed by atoms with van der Waals surface area (Å²) in [6.07, 6.45) is 6.06. The number of benzene rings is 1. The van der Waals surface area contributed by atoms with E-state index < -0.39 is 0 Å². The van der Waals surface area contributed by atoms with Crippen LogP contribution in [-0.4, -0.2) is 50.1 Å². The van der Waals surface area contributed by atoms with Crippen LogP contribution in [0.5, 0.6) is 0 Å². The van der Waals surface area contributed by atoms with Crippen molar-refractivity contribution in [2.75, 3.05) is 13.2 Å². The monoisotopic (exact) mass is 300 g/mol. The van der Waals surface area contributed by atoms with Gasteiger partial charge in [0.05, 0.1) is 36.3 Å². The van der Waals surface area contributed by atoms with E-state index in [9.17, 15) is 9.90 Å². The highest BCUT2D eigenvalue weighted by Gasteiger charge is 2.28. The lowest BCUT2D eigenvalue weighted by Crippen LogP contribution is -2.46. The van der Waals surface area contributed by atoms with Crippen molar-refractivity contribution in [3.05, 3.63) is 41.7 Å². The quantitative estimate of drug-likeness (QED) is 0.934. The molecule has 1 aliphatic heterocycles. The molecule has 3 rings (SSSR count). The van der Waals surface area contributed by atoms with E-state index in [1.54, 1.807) is 17.3 Å². The molecule has 1 N–H and O–H groups in total. The topological polar surface area (TPSA) is 71.2 Å². The van der Waals surface area contributed by atoms with Crippen molar-refractivity contribution in [1.82, 2.24) is 19.9 Å². The second-order valence-electron chi connectivity index (χ2n) is 5.67. The van der Waals surface area contributed by atoms with Gasteiger partial charge in [0.1, 0.15) is 0 Å². The fourth-order valence-electron chi connectivity index (χ4n) is 2.95. The molecule has 2 heterocycles. The Bertz CT molecular complexity index is 654. The average Bonchev–Trinajstić information content (AvgIpc) is 3.08. The molecule has 6 nitrogen and oxygen atoms in total. The Balaban J connectivity index is 1.99. The van der Waals surface area contributed by atoms with Crippen molar-refractivity contribution in [2.45, 2.75) is 32.2 Å². The second kappa shape index (κ2) is 6.27. The van der Waals surface area contributed by atoms with Crippen LogP contribution in [0.2, 0.25) is 0 Å². The van der Waals surface area contributed by atoms with Gasteiger partial charge in [-0.3, -0.25) is 4.79 Å². The van der Waals surface area contributed by atoms with E-state index in [-0.39, 0.29) is 18.6 Å². The molecule has 1 amide bonds. The molecule has 1 fully saturated rings. The number of nitrogens with zero attached hydrogens (tertiary/aromatic N) is 4. The number of carbonyl (C=O) groups excluding carboxylic acids is 1. The van der Waals surface area contributed by atoms with Gasteiger partial charge < -0.3 is 10.0 Å². The maximum absolute atomic E-state index is 13.0. The highest BCUT2D eigenvalue weighted by molar-refractivity contribution is 5.98. The third-order valence-corrected chi connectivity index (χ3v) is 4.12. The first-order valence-corrected chi connectivity index (χ1v) is 7.60. The molecule has 0 bridgehead atoms. The molecule has 1 atom stereocenters. The van der Waals surface area contributed by atoms with E-state index in [1.165, 1.54) is 4.80 Å². The minimum Gasteiger partial charge on any atom is -0.394 e.